The van der Waals surface area contributed by atoms with E-state index in [-0.39, 0.29) is 17.4 Å². The Labute approximate surface area is 122 Å². The zero-order chi connectivity index (χ0) is 15.2. The summed E-state index contributed by atoms with van der Waals surface area (Å²) in [7, 11) is 0. The molecule has 0 aliphatic heterocycles. The highest BCUT2D eigenvalue weighted by atomic mass is 19.1. The van der Waals surface area contributed by atoms with Crippen molar-refractivity contribution in [1.82, 2.24) is 15.3 Å². The van der Waals surface area contributed by atoms with Crippen LogP contribution in [0, 0.1) is 11.7 Å². The van der Waals surface area contributed by atoms with E-state index in [0.29, 0.717) is 24.0 Å². The van der Waals surface area contributed by atoms with Crippen molar-refractivity contribution in [3.8, 4) is 0 Å². The first kappa shape index (κ1) is 14.9. The van der Waals surface area contributed by atoms with Crippen molar-refractivity contribution in [2.24, 2.45) is 5.92 Å². The minimum atomic E-state index is -0.336. The van der Waals surface area contributed by atoms with Crippen LogP contribution >= 0.6 is 0 Å². The lowest BCUT2D eigenvalue weighted by Gasteiger charge is -2.08. The van der Waals surface area contributed by atoms with Crippen molar-refractivity contribution in [1.29, 1.82) is 0 Å². The second kappa shape index (κ2) is 6.78. The Kier molecular flexibility index (Phi) is 4.81. The first-order valence-electron chi connectivity index (χ1n) is 6.67. The summed E-state index contributed by atoms with van der Waals surface area (Å²) >= 11 is 0. The molecule has 0 saturated heterocycles. The van der Waals surface area contributed by atoms with Gasteiger partial charge in [-0.05, 0) is 24.1 Å². The normalized spacial score (nSPS) is 10.5. The topological polar surface area (TPSA) is 66.9 Å². The number of carbonyl (C=O) groups is 1. The average molecular weight is 288 g/mol. The predicted molar refractivity (Wildman–Crippen MR) is 78.9 cm³/mol. The highest BCUT2D eigenvalue weighted by molar-refractivity contribution is 5.92. The maximum absolute atomic E-state index is 13.1. The summed E-state index contributed by atoms with van der Waals surface area (Å²) in [4.78, 5) is 19.9. The molecule has 2 aromatic rings. The van der Waals surface area contributed by atoms with Crippen molar-refractivity contribution in [3.05, 3.63) is 48.2 Å². The fourth-order valence-electron chi connectivity index (χ4n) is 1.61. The Morgan fingerprint density at radius 1 is 1.29 bits per heavy atom. The van der Waals surface area contributed by atoms with E-state index in [1.165, 1.54) is 24.5 Å². The summed E-state index contributed by atoms with van der Waals surface area (Å²) in [6.45, 7) is 4.61. The van der Waals surface area contributed by atoms with Crippen LogP contribution in [0.25, 0.3) is 0 Å². The van der Waals surface area contributed by atoms with Gasteiger partial charge in [0.2, 0.25) is 0 Å². The number of nitrogens with one attached hydrogen (secondary N) is 2. The predicted octanol–water partition coefficient (Wildman–Crippen LogP) is 2.75. The first-order chi connectivity index (χ1) is 10.0. The van der Waals surface area contributed by atoms with Gasteiger partial charge in [0.25, 0.3) is 5.91 Å². The Morgan fingerprint density at radius 2 is 2.10 bits per heavy atom. The smallest absolute Gasteiger partial charge is 0.271 e. The van der Waals surface area contributed by atoms with Gasteiger partial charge in [0, 0.05) is 12.2 Å². The molecular weight excluding hydrogens is 271 g/mol. The molecule has 2 N–H and O–H groups in total. The van der Waals surface area contributed by atoms with Crippen LogP contribution in [0.5, 0.6) is 0 Å². The fourth-order valence-corrected chi connectivity index (χ4v) is 1.61. The molecule has 0 unspecified atom stereocenters. The summed E-state index contributed by atoms with van der Waals surface area (Å²) in [5.74, 6) is 0.225. The van der Waals surface area contributed by atoms with E-state index >= 15 is 0 Å². The molecule has 1 amide bonds. The molecular formula is C15H17FN4O. The molecule has 2 rings (SSSR count). The number of nitrogens with zero attached hydrogens (tertiary/aromatic N) is 2. The molecule has 110 valence electrons. The van der Waals surface area contributed by atoms with Gasteiger partial charge in [0.15, 0.2) is 0 Å². The van der Waals surface area contributed by atoms with Crippen LogP contribution in [-0.2, 0) is 0 Å². The van der Waals surface area contributed by atoms with Gasteiger partial charge in [0.05, 0.1) is 12.4 Å². The SMILES string of the molecule is CC(C)CNC(=O)c1cnc(Nc2cccc(F)c2)cn1. The molecule has 0 spiro atoms. The van der Waals surface area contributed by atoms with Gasteiger partial charge in [-0.25, -0.2) is 14.4 Å². The lowest BCUT2D eigenvalue weighted by atomic mass is 10.2. The van der Waals surface area contributed by atoms with Crippen LogP contribution in [0.4, 0.5) is 15.9 Å². The molecule has 0 aliphatic rings. The average Bonchev–Trinajstić information content (AvgIpc) is 2.45. The van der Waals surface area contributed by atoms with Crippen LogP contribution in [0.1, 0.15) is 24.3 Å². The molecule has 1 heterocycles. The molecule has 0 saturated carbocycles. The molecule has 1 aromatic carbocycles. The van der Waals surface area contributed by atoms with Crippen LogP contribution < -0.4 is 10.6 Å². The second-order valence-corrected chi connectivity index (χ2v) is 5.03. The maximum Gasteiger partial charge on any atom is 0.271 e. The van der Waals surface area contributed by atoms with Gasteiger partial charge in [-0.15, -0.1) is 0 Å². The summed E-state index contributed by atoms with van der Waals surface area (Å²) in [6.07, 6.45) is 2.83. The highest BCUT2D eigenvalue weighted by Gasteiger charge is 2.08. The Morgan fingerprint density at radius 3 is 2.71 bits per heavy atom. The summed E-state index contributed by atoms with van der Waals surface area (Å²) < 4.78 is 13.1. The van der Waals surface area contributed by atoms with Crippen LogP contribution in [0.3, 0.4) is 0 Å². The molecule has 0 bridgehead atoms. The second-order valence-electron chi connectivity index (χ2n) is 5.03. The largest absolute Gasteiger partial charge is 0.350 e. The van der Waals surface area contributed by atoms with Gasteiger partial charge in [-0.2, -0.15) is 0 Å². The number of aromatic nitrogens is 2. The highest BCUT2D eigenvalue weighted by Crippen LogP contribution is 2.14. The number of benzene rings is 1. The third kappa shape index (κ3) is 4.52. The van der Waals surface area contributed by atoms with Crippen LogP contribution in [-0.4, -0.2) is 22.4 Å². The van der Waals surface area contributed by atoms with Crippen molar-refractivity contribution < 1.29 is 9.18 Å². The maximum atomic E-state index is 13.1. The van der Waals surface area contributed by atoms with E-state index in [9.17, 15) is 9.18 Å². The van der Waals surface area contributed by atoms with Crippen molar-refractivity contribution in [3.63, 3.8) is 0 Å². The Balaban J connectivity index is 2.00. The molecule has 5 nitrogen and oxygen atoms in total. The monoisotopic (exact) mass is 288 g/mol. The third-order valence-electron chi connectivity index (χ3n) is 2.65. The Hall–Kier alpha value is -2.50. The van der Waals surface area contributed by atoms with Gasteiger partial charge in [0.1, 0.15) is 17.3 Å². The van der Waals surface area contributed by atoms with Gasteiger partial charge in [-0.1, -0.05) is 19.9 Å². The third-order valence-corrected chi connectivity index (χ3v) is 2.65. The summed E-state index contributed by atoms with van der Waals surface area (Å²) in [5.41, 5.74) is 0.821. The van der Waals surface area contributed by atoms with E-state index in [2.05, 4.69) is 20.6 Å². The van der Waals surface area contributed by atoms with Gasteiger partial charge in [-0.3, -0.25) is 4.79 Å². The van der Waals surface area contributed by atoms with E-state index in [1.807, 2.05) is 13.8 Å². The number of rotatable bonds is 5. The van der Waals surface area contributed by atoms with Gasteiger partial charge >= 0.3 is 0 Å². The lowest BCUT2D eigenvalue weighted by molar-refractivity contribution is 0.0943. The molecule has 0 fully saturated rings. The summed E-state index contributed by atoms with van der Waals surface area (Å²) in [6, 6.07) is 6.02. The molecule has 0 radical (unpaired) electrons. The van der Waals surface area contributed by atoms with Gasteiger partial charge < -0.3 is 10.6 Å². The quantitative estimate of drug-likeness (QED) is 0.887. The van der Waals surface area contributed by atoms with Crippen molar-refractivity contribution in [2.75, 3.05) is 11.9 Å². The molecule has 21 heavy (non-hydrogen) atoms. The van der Waals surface area contributed by atoms with Crippen molar-refractivity contribution in [2.45, 2.75) is 13.8 Å². The molecule has 0 aliphatic carbocycles. The lowest BCUT2D eigenvalue weighted by Crippen LogP contribution is -2.28. The molecule has 0 atom stereocenters. The number of halogens is 1. The van der Waals surface area contributed by atoms with E-state index in [1.54, 1.807) is 12.1 Å². The van der Waals surface area contributed by atoms with E-state index < -0.39 is 0 Å². The number of hydrogen-bond donors (Lipinski definition) is 2. The Bertz CT molecular complexity index is 613. The van der Waals surface area contributed by atoms with Crippen LogP contribution in [0.15, 0.2) is 36.7 Å². The number of amides is 1. The summed E-state index contributed by atoms with van der Waals surface area (Å²) in [5, 5.41) is 5.68. The fraction of sp³-hybridized carbons (Fsp3) is 0.267. The molecule has 1 aromatic heterocycles. The minimum Gasteiger partial charge on any atom is -0.350 e. The number of carbonyl (C=O) groups excluding carboxylic acids is 1. The first-order valence-corrected chi connectivity index (χ1v) is 6.67. The van der Waals surface area contributed by atoms with E-state index in [4.69, 9.17) is 0 Å². The van der Waals surface area contributed by atoms with E-state index in [0.717, 1.165) is 0 Å². The zero-order valence-corrected chi connectivity index (χ0v) is 11.9. The van der Waals surface area contributed by atoms with Crippen molar-refractivity contribution >= 4 is 17.4 Å². The number of anilines is 2. The zero-order valence-electron chi connectivity index (χ0n) is 11.9. The standard InChI is InChI=1S/C15H17FN4O/c1-10(2)7-19-15(21)13-8-18-14(9-17-13)20-12-5-3-4-11(16)6-12/h3-6,8-10H,7H2,1-2H3,(H,18,20)(H,19,21). The number of hydrogen-bond acceptors (Lipinski definition) is 4. The minimum absolute atomic E-state index is 0.250. The van der Waals surface area contributed by atoms with Crippen LogP contribution in [0.2, 0.25) is 0 Å². The molecule has 6 heteroatoms.